The van der Waals surface area contributed by atoms with Gasteiger partial charge in [0.15, 0.2) is 5.78 Å². The zero-order valence-electron chi connectivity index (χ0n) is 20.4. The summed E-state index contributed by atoms with van der Waals surface area (Å²) < 4.78 is 41.7. The molecule has 1 aliphatic heterocycles. The summed E-state index contributed by atoms with van der Waals surface area (Å²) >= 11 is 3.42. The molecular weight excluding hydrogens is 557 g/mol. The van der Waals surface area contributed by atoms with Crippen molar-refractivity contribution in [3.63, 3.8) is 0 Å². The van der Waals surface area contributed by atoms with Crippen LogP contribution in [0.25, 0.3) is 0 Å². The van der Waals surface area contributed by atoms with E-state index in [9.17, 15) is 22.8 Å². The lowest BCUT2D eigenvalue weighted by molar-refractivity contribution is -0.137. The van der Waals surface area contributed by atoms with Crippen molar-refractivity contribution in [2.45, 2.75) is 37.8 Å². The minimum Gasteiger partial charge on any atom is -0.362 e. The lowest BCUT2D eigenvalue weighted by Crippen LogP contribution is -2.37. The number of nitrogens with one attached hydrogen (secondary N) is 2. The molecule has 194 valence electrons. The van der Waals surface area contributed by atoms with Gasteiger partial charge >= 0.3 is 6.18 Å². The number of ketones is 1. The van der Waals surface area contributed by atoms with Crippen molar-refractivity contribution in [2.75, 3.05) is 5.32 Å². The second-order valence-corrected chi connectivity index (χ2v) is 10.4. The topological polar surface area (TPSA) is 58.2 Å². The molecule has 1 heterocycles. The molecule has 3 aromatic rings. The average molecular weight is 581 g/mol. The number of dihydropyridines is 1. The van der Waals surface area contributed by atoms with Crippen LogP contribution in [0.5, 0.6) is 0 Å². The van der Waals surface area contributed by atoms with Crippen molar-refractivity contribution in [3.05, 3.63) is 123 Å². The Kier molecular flexibility index (Phi) is 7.01. The molecule has 0 saturated heterocycles. The summed E-state index contributed by atoms with van der Waals surface area (Å²) in [6, 6.07) is 22.0. The van der Waals surface area contributed by atoms with Crippen molar-refractivity contribution in [2.24, 2.45) is 0 Å². The predicted molar refractivity (Wildman–Crippen MR) is 143 cm³/mol. The first-order chi connectivity index (χ1) is 18.1. The van der Waals surface area contributed by atoms with E-state index in [1.165, 1.54) is 18.2 Å². The molecular formula is C30H24BrF3N2O2. The monoisotopic (exact) mass is 580 g/mol. The molecule has 0 aromatic heterocycles. The number of rotatable bonds is 4. The van der Waals surface area contributed by atoms with Crippen LogP contribution in [0, 0.1) is 0 Å². The Morgan fingerprint density at radius 1 is 0.921 bits per heavy atom. The van der Waals surface area contributed by atoms with Gasteiger partial charge < -0.3 is 10.6 Å². The number of anilines is 1. The second-order valence-electron chi connectivity index (χ2n) is 9.48. The number of hydrogen-bond acceptors (Lipinski definition) is 3. The van der Waals surface area contributed by atoms with E-state index in [1.807, 2.05) is 54.6 Å². The van der Waals surface area contributed by atoms with Crippen LogP contribution in [0.15, 0.2) is 106 Å². The number of allylic oxidation sites excluding steroid dienone is 3. The van der Waals surface area contributed by atoms with Gasteiger partial charge in [0.05, 0.1) is 11.3 Å². The Morgan fingerprint density at radius 2 is 1.58 bits per heavy atom. The Labute approximate surface area is 226 Å². The molecule has 0 saturated carbocycles. The summed E-state index contributed by atoms with van der Waals surface area (Å²) in [4.78, 5) is 27.3. The third-order valence-electron chi connectivity index (χ3n) is 7.03. The molecule has 0 spiro atoms. The average Bonchev–Trinajstić information content (AvgIpc) is 2.88. The standard InChI is InChI=1S/C30H24BrF3N2O2/c1-17-26(29(38)36-23-10-6-5-9-22(23)30(32,33)34)27(19-11-13-21(31)14-12-19)28-24(35-17)15-20(16-25(28)37)18-7-3-2-4-8-18/h2-14,20,27,35H,15-16H2,1H3,(H,36,38)/t20-,27+/m0/s1. The molecule has 1 amide bonds. The first-order valence-electron chi connectivity index (χ1n) is 12.2. The molecule has 2 N–H and O–H groups in total. The SMILES string of the molecule is CC1=C(C(=O)Nc2ccccc2C(F)(F)F)[C@@H](c2ccc(Br)cc2)C2=C(C[C@H](c3ccccc3)CC2=O)N1. The van der Waals surface area contributed by atoms with E-state index in [-0.39, 0.29) is 29.4 Å². The van der Waals surface area contributed by atoms with Crippen LogP contribution in [0.4, 0.5) is 18.9 Å². The van der Waals surface area contributed by atoms with Crippen molar-refractivity contribution in [1.29, 1.82) is 0 Å². The predicted octanol–water partition coefficient (Wildman–Crippen LogP) is 7.47. The highest BCUT2D eigenvalue weighted by Crippen LogP contribution is 2.46. The Morgan fingerprint density at radius 3 is 2.26 bits per heavy atom. The van der Waals surface area contributed by atoms with Gasteiger partial charge in [0.1, 0.15) is 0 Å². The van der Waals surface area contributed by atoms with Gasteiger partial charge in [-0.2, -0.15) is 13.2 Å². The zero-order chi connectivity index (χ0) is 27.0. The molecule has 0 fully saturated rings. The van der Waals surface area contributed by atoms with Gasteiger partial charge in [-0.05, 0) is 54.7 Å². The Balaban J connectivity index is 1.57. The zero-order valence-corrected chi connectivity index (χ0v) is 22.0. The summed E-state index contributed by atoms with van der Waals surface area (Å²) in [6.07, 6.45) is -3.77. The molecule has 38 heavy (non-hydrogen) atoms. The maximum atomic E-state index is 13.7. The van der Waals surface area contributed by atoms with Crippen molar-refractivity contribution >= 4 is 33.3 Å². The minimum absolute atomic E-state index is 0.0117. The van der Waals surface area contributed by atoms with E-state index < -0.39 is 23.6 Å². The van der Waals surface area contributed by atoms with E-state index in [0.717, 1.165) is 21.8 Å². The second kappa shape index (κ2) is 10.3. The largest absolute Gasteiger partial charge is 0.418 e. The van der Waals surface area contributed by atoms with E-state index >= 15 is 0 Å². The summed E-state index contributed by atoms with van der Waals surface area (Å²) in [5.74, 6) is -1.51. The van der Waals surface area contributed by atoms with E-state index in [4.69, 9.17) is 0 Å². The van der Waals surface area contributed by atoms with Gasteiger partial charge in [0, 0.05) is 39.4 Å². The number of para-hydroxylation sites is 1. The third-order valence-corrected chi connectivity index (χ3v) is 7.56. The van der Waals surface area contributed by atoms with Gasteiger partial charge in [0.2, 0.25) is 0 Å². The summed E-state index contributed by atoms with van der Waals surface area (Å²) in [6.45, 7) is 1.72. The molecule has 8 heteroatoms. The van der Waals surface area contributed by atoms with Crippen LogP contribution >= 0.6 is 15.9 Å². The molecule has 0 bridgehead atoms. The van der Waals surface area contributed by atoms with Crippen LogP contribution in [0.3, 0.4) is 0 Å². The quantitative estimate of drug-likeness (QED) is 0.336. The molecule has 3 aromatic carbocycles. The van der Waals surface area contributed by atoms with Gasteiger partial charge in [0.25, 0.3) is 5.91 Å². The number of hydrogen-bond donors (Lipinski definition) is 2. The normalized spacial score (nSPS) is 19.7. The number of amides is 1. The molecule has 5 rings (SSSR count). The fourth-order valence-corrected chi connectivity index (χ4v) is 5.58. The lowest BCUT2D eigenvalue weighted by Gasteiger charge is -2.37. The van der Waals surface area contributed by atoms with Crippen LogP contribution < -0.4 is 10.6 Å². The summed E-state index contributed by atoms with van der Waals surface area (Å²) in [7, 11) is 0. The van der Waals surface area contributed by atoms with Crippen molar-refractivity contribution in [1.82, 2.24) is 5.32 Å². The van der Waals surface area contributed by atoms with Crippen LogP contribution in [-0.2, 0) is 15.8 Å². The van der Waals surface area contributed by atoms with E-state index in [2.05, 4.69) is 26.6 Å². The number of benzene rings is 3. The maximum Gasteiger partial charge on any atom is 0.418 e. The molecule has 1 aliphatic carbocycles. The van der Waals surface area contributed by atoms with E-state index in [1.54, 1.807) is 6.92 Å². The van der Waals surface area contributed by atoms with Crippen LogP contribution in [0.2, 0.25) is 0 Å². The summed E-state index contributed by atoms with van der Waals surface area (Å²) in [5, 5.41) is 5.74. The number of carbonyl (C=O) groups is 2. The Hall–Kier alpha value is -3.65. The van der Waals surface area contributed by atoms with Gasteiger partial charge in [-0.1, -0.05) is 70.5 Å². The van der Waals surface area contributed by atoms with Gasteiger partial charge in [-0.25, -0.2) is 0 Å². The fraction of sp³-hybridized carbons (Fsp3) is 0.200. The number of Topliss-reactive ketones (excluding diaryl/α,β-unsaturated/α-hetero) is 1. The molecule has 2 atom stereocenters. The highest BCUT2D eigenvalue weighted by Gasteiger charge is 2.41. The van der Waals surface area contributed by atoms with Gasteiger partial charge in [-0.15, -0.1) is 0 Å². The van der Waals surface area contributed by atoms with E-state index in [0.29, 0.717) is 23.3 Å². The van der Waals surface area contributed by atoms with Gasteiger partial charge in [-0.3, -0.25) is 9.59 Å². The molecule has 2 aliphatic rings. The first-order valence-corrected chi connectivity index (χ1v) is 12.9. The minimum atomic E-state index is -4.63. The van der Waals surface area contributed by atoms with Crippen LogP contribution in [0.1, 0.15) is 48.3 Å². The number of halogens is 4. The molecule has 0 radical (unpaired) electrons. The lowest BCUT2D eigenvalue weighted by atomic mass is 9.71. The molecule has 4 nitrogen and oxygen atoms in total. The number of carbonyl (C=O) groups excluding carboxylic acids is 2. The van der Waals surface area contributed by atoms with Crippen LogP contribution in [-0.4, -0.2) is 11.7 Å². The van der Waals surface area contributed by atoms with Crippen molar-refractivity contribution < 1.29 is 22.8 Å². The summed E-state index contributed by atoms with van der Waals surface area (Å²) in [5.41, 5.74) is 2.45. The first kappa shape index (κ1) is 26.0. The smallest absolute Gasteiger partial charge is 0.362 e. The Bertz CT molecular complexity index is 1460. The highest BCUT2D eigenvalue weighted by atomic mass is 79.9. The third kappa shape index (κ3) is 5.05. The fourth-order valence-electron chi connectivity index (χ4n) is 5.32. The molecule has 0 unspecified atom stereocenters. The number of alkyl halides is 3. The maximum absolute atomic E-state index is 13.7. The van der Waals surface area contributed by atoms with Crippen molar-refractivity contribution in [3.8, 4) is 0 Å². The highest BCUT2D eigenvalue weighted by molar-refractivity contribution is 9.10.